The molecule has 0 saturated heterocycles. The van der Waals surface area contributed by atoms with E-state index in [1.54, 1.807) is 11.3 Å². The van der Waals surface area contributed by atoms with E-state index in [2.05, 4.69) is 27.8 Å². The standard InChI is InChI=1S/C12H15N3S/c1-13-7-9-11(8-4-5-8)15-12(14-9)10-3-2-6-16-10/h2-3,6,8,13H,4-5,7H2,1H3,(H,14,15). The SMILES string of the molecule is CNCc1[nH]c(-c2cccs2)nc1C1CC1. The lowest BCUT2D eigenvalue weighted by atomic mass is 10.2. The van der Waals surface area contributed by atoms with Crippen LogP contribution in [0.3, 0.4) is 0 Å². The number of aromatic amines is 1. The fourth-order valence-corrected chi connectivity index (χ4v) is 2.63. The van der Waals surface area contributed by atoms with Crippen LogP contribution in [0.2, 0.25) is 0 Å². The zero-order valence-corrected chi connectivity index (χ0v) is 10.1. The number of nitrogens with one attached hydrogen (secondary N) is 2. The highest BCUT2D eigenvalue weighted by atomic mass is 32.1. The summed E-state index contributed by atoms with van der Waals surface area (Å²) in [5, 5.41) is 5.29. The lowest BCUT2D eigenvalue weighted by Gasteiger charge is -1.98. The van der Waals surface area contributed by atoms with Gasteiger partial charge in [0.1, 0.15) is 5.82 Å². The molecular formula is C12H15N3S. The molecule has 2 N–H and O–H groups in total. The second-order valence-corrected chi connectivity index (χ2v) is 5.18. The van der Waals surface area contributed by atoms with Crippen molar-refractivity contribution < 1.29 is 0 Å². The molecule has 0 bridgehead atoms. The van der Waals surface area contributed by atoms with Crippen LogP contribution in [0.25, 0.3) is 10.7 Å². The predicted molar refractivity (Wildman–Crippen MR) is 66.6 cm³/mol. The minimum absolute atomic E-state index is 0.702. The monoisotopic (exact) mass is 233 g/mol. The fraction of sp³-hybridized carbons (Fsp3) is 0.417. The highest BCUT2D eigenvalue weighted by Gasteiger charge is 2.29. The van der Waals surface area contributed by atoms with Gasteiger partial charge in [0.25, 0.3) is 0 Å². The number of imidazole rings is 1. The maximum Gasteiger partial charge on any atom is 0.147 e. The zero-order chi connectivity index (χ0) is 11.0. The van der Waals surface area contributed by atoms with Gasteiger partial charge in [-0.05, 0) is 31.3 Å². The van der Waals surface area contributed by atoms with Gasteiger partial charge in [0.2, 0.25) is 0 Å². The number of hydrogen-bond acceptors (Lipinski definition) is 3. The van der Waals surface area contributed by atoms with Crippen molar-refractivity contribution in [2.24, 2.45) is 0 Å². The van der Waals surface area contributed by atoms with Crippen molar-refractivity contribution in [2.75, 3.05) is 7.05 Å². The van der Waals surface area contributed by atoms with Crippen molar-refractivity contribution in [1.82, 2.24) is 15.3 Å². The van der Waals surface area contributed by atoms with E-state index < -0.39 is 0 Å². The first-order valence-electron chi connectivity index (χ1n) is 5.65. The topological polar surface area (TPSA) is 40.7 Å². The van der Waals surface area contributed by atoms with E-state index in [4.69, 9.17) is 4.98 Å². The smallest absolute Gasteiger partial charge is 0.147 e. The van der Waals surface area contributed by atoms with Crippen LogP contribution in [0.15, 0.2) is 17.5 Å². The molecule has 16 heavy (non-hydrogen) atoms. The lowest BCUT2D eigenvalue weighted by molar-refractivity contribution is 0.782. The van der Waals surface area contributed by atoms with Crippen LogP contribution < -0.4 is 5.32 Å². The Morgan fingerprint density at radius 2 is 2.44 bits per heavy atom. The molecule has 0 aliphatic heterocycles. The van der Waals surface area contributed by atoms with E-state index >= 15 is 0 Å². The second-order valence-electron chi connectivity index (χ2n) is 4.23. The number of rotatable bonds is 4. The van der Waals surface area contributed by atoms with E-state index in [0.29, 0.717) is 5.92 Å². The lowest BCUT2D eigenvalue weighted by Crippen LogP contribution is -2.07. The van der Waals surface area contributed by atoms with Gasteiger partial charge in [-0.15, -0.1) is 11.3 Å². The van der Waals surface area contributed by atoms with E-state index in [9.17, 15) is 0 Å². The summed E-state index contributed by atoms with van der Waals surface area (Å²) >= 11 is 1.73. The van der Waals surface area contributed by atoms with Crippen LogP contribution in [-0.4, -0.2) is 17.0 Å². The van der Waals surface area contributed by atoms with Gasteiger partial charge in [0, 0.05) is 12.5 Å². The van der Waals surface area contributed by atoms with Crippen LogP contribution in [0.4, 0.5) is 0 Å². The Bertz CT molecular complexity index is 468. The minimum Gasteiger partial charge on any atom is -0.340 e. The van der Waals surface area contributed by atoms with E-state index in [-0.39, 0.29) is 0 Å². The molecule has 1 aliphatic carbocycles. The Hall–Kier alpha value is -1.13. The van der Waals surface area contributed by atoms with Crippen molar-refractivity contribution in [3.8, 4) is 10.7 Å². The molecule has 4 heteroatoms. The number of thiophene rings is 1. The van der Waals surface area contributed by atoms with Crippen molar-refractivity contribution >= 4 is 11.3 Å². The number of aromatic nitrogens is 2. The summed E-state index contributed by atoms with van der Waals surface area (Å²) in [4.78, 5) is 9.42. The average Bonchev–Trinajstić information content (AvgIpc) is 2.82. The number of hydrogen-bond donors (Lipinski definition) is 2. The fourth-order valence-electron chi connectivity index (χ4n) is 1.96. The molecule has 0 amide bonds. The molecule has 2 aromatic heterocycles. The first-order chi connectivity index (χ1) is 7.88. The van der Waals surface area contributed by atoms with Gasteiger partial charge in [-0.3, -0.25) is 0 Å². The first kappa shape index (κ1) is 10.1. The van der Waals surface area contributed by atoms with Gasteiger partial charge < -0.3 is 10.3 Å². The highest BCUT2D eigenvalue weighted by molar-refractivity contribution is 7.13. The van der Waals surface area contributed by atoms with Crippen molar-refractivity contribution in [3.63, 3.8) is 0 Å². The summed E-state index contributed by atoms with van der Waals surface area (Å²) in [6, 6.07) is 4.18. The van der Waals surface area contributed by atoms with E-state index in [1.807, 2.05) is 7.05 Å². The molecule has 0 spiro atoms. The third kappa shape index (κ3) is 1.79. The molecule has 2 aromatic rings. The Balaban J connectivity index is 1.97. The third-order valence-corrected chi connectivity index (χ3v) is 3.76. The van der Waals surface area contributed by atoms with Crippen LogP contribution in [0.5, 0.6) is 0 Å². The average molecular weight is 233 g/mol. The number of H-pyrrole nitrogens is 1. The molecule has 3 rings (SSSR count). The summed E-state index contributed by atoms with van der Waals surface area (Å²) in [6.45, 7) is 0.879. The molecule has 1 fully saturated rings. The Morgan fingerprint density at radius 3 is 3.06 bits per heavy atom. The van der Waals surface area contributed by atoms with Gasteiger partial charge in [0.05, 0.1) is 16.3 Å². The van der Waals surface area contributed by atoms with Crippen LogP contribution in [0.1, 0.15) is 30.1 Å². The van der Waals surface area contributed by atoms with Crippen LogP contribution in [-0.2, 0) is 6.54 Å². The Morgan fingerprint density at radius 1 is 1.56 bits per heavy atom. The normalized spacial score (nSPS) is 15.6. The molecule has 2 heterocycles. The summed E-state index contributed by atoms with van der Waals surface area (Å²) in [6.07, 6.45) is 2.59. The quantitative estimate of drug-likeness (QED) is 0.852. The Labute approximate surface area is 98.9 Å². The van der Waals surface area contributed by atoms with Gasteiger partial charge >= 0.3 is 0 Å². The first-order valence-corrected chi connectivity index (χ1v) is 6.53. The summed E-state index contributed by atoms with van der Waals surface area (Å²) in [7, 11) is 1.97. The highest BCUT2D eigenvalue weighted by Crippen LogP contribution is 2.41. The molecule has 1 aliphatic rings. The van der Waals surface area contributed by atoms with Gasteiger partial charge in [-0.2, -0.15) is 0 Å². The summed E-state index contributed by atoms with van der Waals surface area (Å²) < 4.78 is 0. The van der Waals surface area contributed by atoms with Crippen LogP contribution >= 0.6 is 11.3 Å². The summed E-state index contributed by atoms with van der Waals surface area (Å²) in [5.74, 6) is 1.73. The minimum atomic E-state index is 0.702. The van der Waals surface area contributed by atoms with E-state index in [1.165, 1.54) is 29.1 Å². The second kappa shape index (κ2) is 4.03. The maximum atomic E-state index is 4.75. The van der Waals surface area contributed by atoms with Crippen molar-refractivity contribution in [3.05, 3.63) is 28.9 Å². The van der Waals surface area contributed by atoms with Gasteiger partial charge in [0.15, 0.2) is 0 Å². The third-order valence-electron chi connectivity index (χ3n) is 2.88. The molecule has 0 radical (unpaired) electrons. The molecular weight excluding hydrogens is 218 g/mol. The predicted octanol–water partition coefficient (Wildman–Crippen LogP) is 2.74. The van der Waals surface area contributed by atoms with Crippen molar-refractivity contribution in [1.29, 1.82) is 0 Å². The molecule has 0 aromatic carbocycles. The Kier molecular flexibility index (Phi) is 2.53. The van der Waals surface area contributed by atoms with Gasteiger partial charge in [-0.1, -0.05) is 6.07 Å². The maximum absolute atomic E-state index is 4.75. The zero-order valence-electron chi connectivity index (χ0n) is 9.29. The molecule has 84 valence electrons. The van der Waals surface area contributed by atoms with Gasteiger partial charge in [-0.25, -0.2) is 4.98 Å². The van der Waals surface area contributed by atoms with E-state index in [0.717, 1.165) is 12.4 Å². The number of nitrogens with zero attached hydrogens (tertiary/aromatic N) is 1. The largest absolute Gasteiger partial charge is 0.340 e. The molecule has 3 nitrogen and oxygen atoms in total. The molecule has 0 atom stereocenters. The van der Waals surface area contributed by atoms with Crippen LogP contribution in [0, 0.1) is 0 Å². The molecule has 1 saturated carbocycles. The summed E-state index contributed by atoms with van der Waals surface area (Å²) in [5.41, 5.74) is 2.53. The van der Waals surface area contributed by atoms with Crippen molar-refractivity contribution in [2.45, 2.75) is 25.3 Å². The molecule has 0 unspecified atom stereocenters.